The molecule has 1 amide bonds. The first-order valence-electron chi connectivity index (χ1n) is 10.5. The van der Waals surface area contributed by atoms with Gasteiger partial charge in [0.25, 0.3) is 0 Å². The van der Waals surface area contributed by atoms with Gasteiger partial charge in [-0.05, 0) is 68.7 Å². The topological polar surface area (TPSA) is 64.1 Å². The summed E-state index contributed by atoms with van der Waals surface area (Å²) in [4.78, 5) is 25.1. The molecular weight excluding hydrogens is 414 g/mol. The molecule has 0 spiro atoms. The molecule has 0 radical (unpaired) electrons. The van der Waals surface area contributed by atoms with Crippen molar-refractivity contribution < 1.29 is 9.53 Å². The molecule has 1 aromatic carbocycles. The van der Waals surface area contributed by atoms with Gasteiger partial charge in [-0.3, -0.25) is 4.79 Å². The van der Waals surface area contributed by atoms with Gasteiger partial charge < -0.3 is 10.1 Å². The third-order valence-corrected chi connectivity index (χ3v) is 7.87. The SMILES string of the molecule is COc1ccc(C)cc1NC(=O)CSc1nc(C2CC2)nc2sc3c(c12)CCCC3. The van der Waals surface area contributed by atoms with Crippen molar-refractivity contribution in [2.24, 2.45) is 0 Å². The van der Waals surface area contributed by atoms with E-state index in [1.54, 1.807) is 7.11 Å². The number of carbonyl (C=O) groups excluding carboxylic acids is 1. The monoisotopic (exact) mass is 439 g/mol. The van der Waals surface area contributed by atoms with E-state index in [1.807, 2.05) is 36.5 Å². The predicted molar refractivity (Wildman–Crippen MR) is 123 cm³/mol. The summed E-state index contributed by atoms with van der Waals surface area (Å²) >= 11 is 3.37. The molecule has 2 aliphatic rings. The van der Waals surface area contributed by atoms with E-state index in [0.717, 1.165) is 34.1 Å². The van der Waals surface area contributed by atoms with Gasteiger partial charge in [0.05, 0.1) is 18.6 Å². The lowest BCUT2D eigenvalue weighted by molar-refractivity contribution is -0.113. The van der Waals surface area contributed by atoms with Crippen molar-refractivity contribution in [1.82, 2.24) is 9.97 Å². The van der Waals surface area contributed by atoms with Crippen LogP contribution in [0.4, 0.5) is 5.69 Å². The normalized spacial score (nSPS) is 15.8. The minimum atomic E-state index is -0.0484. The molecule has 5 rings (SSSR count). The minimum absolute atomic E-state index is 0.0484. The number of hydrogen-bond donors (Lipinski definition) is 1. The van der Waals surface area contributed by atoms with Gasteiger partial charge >= 0.3 is 0 Å². The molecule has 1 N–H and O–H groups in total. The zero-order valence-corrected chi connectivity index (χ0v) is 18.9. The summed E-state index contributed by atoms with van der Waals surface area (Å²) < 4.78 is 5.38. The number of benzene rings is 1. The van der Waals surface area contributed by atoms with Crippen molar-refractivity contribution in [2.75, 3.05) is 18.2 Å². The Balaban J connectivity index is 1.40. The fraction of sp³-hybridized carbons (Fsp3) is 0.435. The van der Waals surface area contributed by atoms with E-state index in [2.05, 4.69) is 5.32 Å². The van der Waals surface area contributed by atoms with E-state index in [9.17, 15) is 4.79 Å². The number of aromatic nitrogens is 2. The second-order valence-electron chi connectivity index (χ2n) is 8.09. The van der Waals surface area contributed by atoms with E-state index in [4.69, 9.17) is 14.7 Å². The number of thiophene rings is 1. The number of amides is 1. The molecule has 5 nitrogen and oxygen atoms in total. The number of hydrogen-bond acceptors (Lipinski definition) is 6. The van der Waals surface area contributed by atoms with Crippen LogP contribution in [-0.2, 0) is 17.6 Å². The highest BCUT2D eigenvalue weighted by atomic mass is 32.2. The van der Waals surface area contributed by atoms with Crippen molar-refractivity contribution in [1.29, 1.82) is 0 Å². The van der Waals surface area contributed by atoms with Crippen LogP contribution in [0.15, 0.2) is 23.2 Å². The molecule has 2 aromatic heterocycles. The highest BCUT2D eigenvalue weighted by Gasteiger charge is 2.29. The number of rotatable bonds is 6. The lowest BCUT2D eigenvalue weighted by atomic mass is 9.97. The van der Waals surface area contributed by atoms with Crippen molar-refractivity contribution in [3.05, 3.63) is 40.0 Å². The number of nitrogens with one attached hydrogen (secondary N) is 1. The number of ether oxygens (including phenoxy) is 1. The number of fused-ring (bicyclic) bond motifs is 3. The summed E-state index contributed by atoms with van der Waals surface area (Å²) in [5.74, 6) is 2.40. The maximum atomic E-state index is 12.7. The van der Waals surface area contributed by atoms with Gasteiger partial charge in [-0.25, -0.2) is 9.97 Å². The molecule has 0 atom stereocenters. The van der Waals surface area contributed by atoms with Gasteiger partial charge in [-0.2, -0.15) is 0 Å². The maximum absolute atomic E-state index is 12.7. The third-order valence-electron chi connectivity index (χ3n) is 5.71. The third kappa shape index (κ3) is 3.93. The van der Waals surface area contributed by atoms with E-state index in [1.165, 1.54) is 53.3 Å². The van der Waals surface area contributed by atoms with Crippen molar-refractivity contribution in [2.45, 2.75) is 56.4 Å². The van der Waals surface area contributed by atoms with Gasteiger partial charge in [0.15, 0.2) is 0 Å². The van der Waals surface area contributed by atoms with Gasteiger partial charge in [0.1, 0.15) is 21.4 Å². The molecule has 0 unspecified atom stereocenters. The lowest BCUT2D eigenvalue weighted by Crippen LogP contribution is -2.15. The zero-order chi connectivity index (χ0) is 20.7. The molecule has 0 aliphatic heterocycles. The van der Waals surface area contributed by atoms with Crippen LogP contribution >= 0.6 is 23.1 Å². The Bertz CT molecular complexity index is 1120. The summed E-state index contributed by atoms with van der Waals surface area (Å²) in [5, 5.41) is 5.18. The van der Waals surface area contributed by atoms with E-state index in [0.29, 0.717) is 23.1 Å². The largest absolute Gasteiger partial charge is 0.495 e. The first kappa shape index (κ1) is 19.8. The van der Waals surface area contributed by atoms with Crippen molar-refractivity contribution in [3.63, 3.8) is 0 Å². The average Bonchev–Trinajstić information content (AvgIpc) is 3.52. The molecule has 0 saturated heterocycles. The Hall–Kier alpha value is -2.12. The van der Waals surface area contributed by atoms with Gasteiger partial charge in [-0.15, -0.1) is 11.3 Å². The number of anilines is 1. The van der Waals surface area contributed by atoms with Crippen LogP contribution in [0.2, 0.25) is 0 Å². The predicted octanol–water partition coefficient (Wildman–Crippen LogP) is 5.50. The van der Waals surface area contributed by atoms with Crippen molar-refractivity contribution >= 4 is 44.9 Å². The maximum Gasteiger partial charge on any atom is 0.234 e. The molecular formula is C23H25N3O2S2. The van der Waals surface area contributed by atoms with Gasteiger partial charge in [-0.1, -0.05) is 17.8 Å². The van der Waals surface area contributed by atoms with Crippen LogP contribution in [0.3, 0.4) is 0 Å². The molecule has 3 aromatic rings. The Morgan fingerprint density at radius 3 is 2.90 bits per heavy atom. The first-order valence-corrected chi connectivity index (χ1v) is 12.3. The standard InChI is InChI=1S/C23H25N3O2S2/c1-13-7-10-17(28-2)16(11-13)24-19(27)12-29-22-20-15-5-3-4-6-18(15)30-23(20)26-21(25-22)14-8-9-14/h7,10-11,14H,3-6,8-9,12H2,1-2H3,(H,24,27). The second kappa shape index (κ2) is 8.19. The molecule has 30 heavy (non-hydrogen) atoms. The van der Waals surface area contributed by atoms with Gasteiger partial charge in [0, 0.05) is 16.2 Å². The summed E-state index contributed by atoms with van der Waals surface area (Å²) in [5.41, 5.74) is 3.21. The van der Waals surface area contributed by atoms with Crippen molar-refractivity contribution in [3.8, 4) is 5.75 Å². The number of aryl methyl sites for hydroxylation is 3. The number of thioether (sulfide) groups is 1. The Morgan fingerprint density at radius 2 is 2.10 bits per heavy atom. The van der Waals surface area contributed by atoms with Crippen LogP contribution in [0.25, 0.3) is 10.2 Å². The number of methoxy groups -OCH3 is 1. The van der Waals surface area contributed by atoms with E-state index in [-0.39, 0.29) is 5.91 Å². The average molecular weight is 440 g/mol. The highest BCUT2D eigenvalue weighted by molar-refractivity contribution is 8.00. The molecule has 2 heterocycles. The minimum Gasteiger partial charge on any atom is -0.495 e. The van der Waals surface area contributed by atoms with E-state index >= 15 is 0 Å². The summed E-state index contributed by atoms with van der Waals surface area (Å²) in [6.45, 7) is 2.00. The van der Waals surface area contributed by atoms with E-state index < -0.39 is 0 Å². The molecule has 156 valence electrons. The zero-order valence-electron chi connectivity index (χ0n) is 17.3. The Labute approximate surface area is 184 Å². The molecule has 2 aliphatic carbocycles. The Morgan fingerprint density at radius 1 is 1.27 bits per heavy atom. The number of carbonyl (C=O) groups is 1. The van der Waals surface area contributed by atoms with Crippen LogP contribution in [0.1, 0.15) is 53.4 Å². The second-order valence-corrected chi connectivity index (χ2v) is 10.1. The summed E-state index contributed by atoms with van der Waals surface area (Å²) in [7, 11) is 1.62. The molecule has 7 heteroatoms. The smallest absolute Gasteiger partial charge is 0.234 e. The van der Waals surface area contributed by atoms with Gasteiger partial charge in [0.2, 0.25) is 5.91 Å². The fourth-order valence-electron chi connectivity index (χ4n) is 4.01. The first-order chi connectivity index (χ1) is 14.6. The van der Waals surface area contributed by atoms with Crippen LogP contribution < -0.4 is 10.1 Å². The summed E-state index contributed by atoms with van der Waals surface area (Å²) in [6.07, 6.45) is 7.07. The van der Waals surface area contributed by atoms with Crippen LogP contribution in [0, 0.1) is 6.92 Å². The lowest BCUT2D eigenvalue weighted by Gasteiger charge is -2.13. The highest BCUT2D eigenvalue weighted by Crippen LogP contribution is 2.44. The fourth-order valence-corrected chi connectivity index (χ4v) is 6.20. The van der Waals surface area contributed by atoms with Crippen LogP contribution in [-0.4, -0.2) is 28.7 Å². The van der Waals surface area contributed by atoms with Crippen LogP contribution in [0.5, 0.6) is 5.75 Å². The molecule has 1 saturated carbocycles. The Kier molecular flexibility index (Phi) is 5.41. The quantitative estimate of drug-likeness (QED) is 0.406. The number of nitrogens with zero attached hydrogens (tertiary/aromatic N) is 2. The summed E-state index contributed by atoms with van der Waals surface area (Å²) in [6, 6.07) is 5.79. The molecule has 0 bridgehead atoms. The molecule has 1 fully saturated rings.